The van der Waals surface area contributed by atoms with Gasteiger partial charge < -0.3 is 4.74 Å². The maximum Gasteiger partial charge on any atom is 0.0841 e. The fourth-order valence-electron chi connectivity index (χ4n) is 2.56. The van der Waals surface area contributed by atoms with Crippen LogP contribution in [0.15, 0.2) is 4.47 Å². The van der Waals surface area contributed by atoms with Gasteiger partial charge in [0.05, 0.1) is 28.1 Å². The van der Waals surface area contributed by atoms with E-state index in [1.54, 1.807) is 0 Å². The Bertz CT molecular complexity index is 438. The largest absolute Gasteiger partial charge is 0.371 e. The number of nitrogens with zero attached hydrogens (tertiary/aromatic N) is 3. The molecule has 2 unspecified atom stereocenters. The lowest BCUT2D eigenvalue weighted by atomic mass is 10.2. The number of rotatable bonds is 4. The fraction of sp³-hybridized carbons (Fsp3) is 0.769. The molecule has 0 N–H and O–H groups in total. The summed E-state index contributed by atoms with van der Waals surface area (Å²) in [4.78, 5) is 2.39. The van der Waals surface area contributed by atoms with Crippen LogP contribution in [0.4, 0.5) is 0 Å². The van der Waals surface area contributed by atoms with E-state index in [4.69, 9.17) is 16.3 Å². The average Bonchev–Trinajstić information content (AvgIpc) is 2.65. The summed E-state index contributed by atoms with van der Waals surface area (Å²) in [6.45, 7) is 6.92. The topological polar surface area (TPSA) is 30.3 Å². The zero-order valence-corrected chi connectivity index (χ0v) is 14.0. The monoisotopic (exact) mass is 349 g/mol. The third-order valence-corrected chi connectivity index (χ3v) is 4.71. The molecular weight excluding hydrogens is 330 g/mol. The van der Waals surface area contributed by atoms with Crippen molar-refractivity contribution in [2.45, 2.75) is 39.0 Å². The lowest BCUT2D eigenvalue weighted by Gasteiger charge is -2.36. The maximum absolute atomic E-state index is 5.92. The van der Waals surface area contributed by atoms with E-state index in [1.165, 1.54) is 5.69 Å². The predicted molar refractivity (Wildman–Crippen MR) is 80.6 cm³/mol. The van der Waals surface area contributed by atoms with E-state index in [9.17, 15) is 0 Å². The summed E-state index contributed by atoms with van der Waals surface area (Å²) in [7, 11) is 2.00. The van der Waals surface area contributed by atoms with Crippen molar-refractivity contribution in [1.82, 2.24) is 14.7 Å². The highest BCUT2D eigenvalue weighted by Gasteiger charge is 2.26. The number of aryl methyl sites for hydroxylation is 2. The van der Waals surface area contributed by atoms with Gasteiger partial charge in [-0.05, 0) is 29.3 Å². The first-order valence-electron chi connectivity index (χ1n) is 6.69. The predicted octanol–water partition coefficient (Wildman–Crippen LogP) is 2.57. The molecule has 1 aromatic heterocycles. The minimum Gasteiger partial charge on any atom is -0.371 e. The Hall–Kier alpha value is -0.100. The second-order valence-corrected chi connectivity index (χ2v) is 6.20. The molecular formula is C13H21BrClN3O. The summed E-state index contributed by atoms with van der Waals surface area (Å²) < 4.78 is 8.89. The number of ether oxygens (including phenoxy) is 1. The van der Waals surface area contributed by atoms with Crippen LogP contribution in [0, 0.1) is 0 Å². The van der Waals surface area contributed by atoms with Crippen molar-refractivity contribution in [3.05, 3.63) is 15.9 Å². The van der Waals surface area contributed by atoms with Gasteiger partial charge in [-0.3, -0.25) is 9.58 Å². The minimum atomic E-state index is 0.128. The smallest absolute Gasteiger partial charge is 0.0841 e. The molecule has 19 heavy (non-hydrogen) atoms. The van der Waals surface area contributed by atoms with Crippen molar-refractivity contribution in [3.63, 3.8) is 0 Å². The van der Waals surface area contributed by atoms with E-state index in [-0.39, 0.29) is 12.2 Å². The van der Waals surface area contributed by atoms with E-state index in [1.807, 2.05) is 11.7 Å². The molecule has 0 bridgehead atoms. The minimum absolute atomic E-state index is 0.128. The summed E-state index contributed by atoms with van der Waals surface area (Å²) in [6, 6.07) is 0. The van der Waals surface area contributed by atoms with Gasteiger partial charge in [0, 0.05) is 32.6 Å². The number of alkyl halides is 1. The molecule has 1 aromatic rings. The highest BCUT2D eigenvalue weighted by Crippen LogP contribution is 2.24. The number of halogens is 2. The molecule has 2 rings (SSSR count). The van der Waals surface area contributed by atoms with Crippen LogP contribution in [-0.4, -0.2) is 45.9 Å². The lowest BCUT2D eigenvalue weighted by molar-refractivity contribution is -0.0694. The zero-order valence-electron chi connectivity index (χ0n) is 11.7. The van der Waals surface area contributed by atoms with Gasteiger partial charge in [0.1, 0.15) is 0 Å². The van der Waals surface area contributed by atoms with Crippen molar-refractivity contribution in [2.24, 2.45) is 7.05 Å². The normalized spacial score (nSPS) is 24.9. The van der Waals surface area contributed by atoms with Crippen LogP contribution in [0.5, 0.6) is 0 Å². The molecule has 1 fully saturated rings. The Kier molecular flexibility index (Phi) is 5.29. The third-order valence-electron chi connectivity index (χ3n) is 3.45. The highest BCUT2D eigenvalue weighted by molar-refractivity contribution is 9.10. The molecule has 0 spiro atoms. The lowest BCUT2D eigenvalue weighted by Crippen LogP contribution is -2.47. The van der Waals surface area contributed by atoms with Gasteiger partial charge in [-0.15, -0.1) is 11.6 Å². The standard InChI is InChI=1S/C13H21BrClN3O/c1-4-11-13(14)12(17(3)16-11)8-18-6-9(2)19-10(5-15)7-18/h9-10H,4-8H2,1-3H3. The molecule has 1 saturated heterocycles. The molecule has 1 aliphatic heterocycles. The van der Waals surface area contributed by atoms with Crippen LogP contribution < -0.4 is 0 Å². The summed E-state index contributed by atoms with van der Waals surface area (Å²) in [6.07, 6.45) is 1.30. The van der Waals surface area contributed by atoms with Crippen LogP contribution in [0.2, 0.25) is 0 Å². The van der Waals surface area contributed by atoms with Gasteiger partial charge in [-0.1, -0.05) is 6.92 Å². The Morgan fingerprint density at radius 3 is 2.79 bits per heavy atom. The molecule has 0 amide bonds. The van der Waals surface area contributed by atoms with E-state index in [0.717, 1.165) is 36.2 Å². The van der Waals surface area contributed by atoms with Gasteiger partial charge >= 0.3 is 0 Å². The quantitative estimate of drug-likeness (QED) is 0.782. The first-order valence-corrected chi connectivity index (χ1v) is 8.01. The molecule has 0 saturated carbocycles. The fourth-order valence-corrected chi connectivity index (χ4v) is 3.47. The molecule has 108 valence electrons. The van der Waals surface area contributed by atoms with Gasteiger partial charge in [-0.25, -0.2) is 0 Å². The number of aromatic nitrogens is 2. The van der Waals surface area contributed by atoms with Crippen molar-refractivity contribution in [3.8, 4) is 0 Å². The molecule has 2 heterocycles. The second-order valence-electron chi connectivity index (χ2n) is 5.10. The van der Waals surface area contributed by atoms with Crippen molar-refractivity contribution >= 4 is 27.5 Å². The molecule has 2 atom stereocenters. The van der Waals surface area contributed by atoms with E-state index >= 15 is 0 Å². The molecule has 1 aliphatic rings. The summed E-state index contributed by atoms with van der Waals surface area (Å²) in [5.74, 6) is 0.549. The molecule has 0 aromatic carbocycles. The van der Waals surface area contributed by atoms with Gasteiger partial charge in [0.25, 0.3) is 0 Å². The Labute approximate surface area is 128 Å². The van der Waals surface area contributed by atoms with Crippen LogP contribution in [0.3, 0.4) is 0 Å². The Morgan fingerprint density at radius 2 is 2.21 bits per heavy atom. The van der Waals surface area contributed by atoms with E-state index in [2.05, 4.69) is 39.8 Å². The first kappa shape index (κ1) is 15.3. The Morgan fingerprint density at radius 1 is 1.47 bits per heavy atom. The van der Waals surface area contributed by atoms with Crippen molar-refractivity contribution in [2.75, 3.05) is 19.0 Å². The van der Waals surface area contributed by atoms with Gasteiger partial charge in [-0.2, -0.15) is 5.10 Å². The zero-order chi connectivity index (χ0) is 14.0. The summed E-state index contributed by atoms with van der Waals surface area (Å²) in [5, 5.41) is 4.54. The molecule has 0 radical (unpaired) electrons. The molecule has 0 aliphatic carbocycles. The van der Waals surface area contributed by atoms with Crippen LogP contribution in [0.1, 0.15) is 25.2 Å². The van der Waals surface area contributed by atoms with Crippen LogP contribution in [0.25, 0.3) is 0 Å². The third kappa shape index (κ3) is 3.51. The Balaban J connectivity index is 2.10. The van der Waals surface area contributed by atoms with Gasteiger partial charge in [0.15, 0.2) is 0 Å². The van der Waals surface area contributed by atoms with Crippen molar-refractivity contribution < 1.29 is 4.74 Å². The maximum atomic E-state index is 5.92. The van der Waals surface area contributed by atoms with Crippen LogP contribution in [-0.2, 0) is 24.8 Å². The van der Waals surface area contributed by atoms with Gasteiger partial charge in [0.2, 0.25) is 0 Å². The number of hydrogen-bond donors (Lipinski definition) is 0. The molecule has 4 nitrogen and oxygen atoms in total. The first-order chi connectivity index (χ1) is 9.05. The summed E-state index contributed by atoms with van der Waals surface area (Å²) in [5.41, 5.74) is 2.34. The van der Waals surface area contributed by atoms with Crippen LogP contribution >= 0.6 is 27.5 Å². The van der Waals surface area contributed by atoms with E-state index < -0.39 is 0 Å². The highest BCUT2D eigenvalue weighted by atomic mass is 79.9. The number of hydrogen-bond acceptors (Lipinski definition) is 3. The molecule has 6 heteroatoms. The summed E-state index contributed by atoms with van der Waals surface area (Å²) >= 11 is 9.59. The van der Waals surface area contributed by atoms with E-state index in [0.29, 0.717) is 5.88 Å². The SMILES string of the molecule is CCc1nn(C)c(CN2CC(C)OC(CCl)C2)c1Br. The van der Waals surface area contributed by atoms with Crippen molar-refractivity contribution in [1.29, 1.82) is 0 Å². The number of morpholine rings is 1. The second kappa shape index (κ2) is 6.57. The average molecular weight is 351 g/mol.